The van der Waals surface area contributed by atoms with Crippen LogP contribution in [0.3, 0.4) is 0 Å². The molecule has 0 N–H and O–H groups in total. The first kappa shape index (κ1) is 24.8. The molecule has 0 spiro atoms. The van der Waals surface area contributed by atoms with Gasteiger partial charge in [0.15, 0.2) is 17.2 Å². The molecule has 0 aliphatic heterocycles. The second-order valence-electron chi connectivity index (χ2n) is 8.16. The number of methoxy groups -OCH3 is 1. The van der Waals surface area contributed by atoms with E-state index in [1.54, 1.807) is 54.1 Å². The third kappa shape index (κ3) is 4.78. The predicted molar refractivity (Wildman–Crippen MR) is 133 cm³/mol. The highest BCUT2D eigenvalue weighted by molar-refractivity contribution is 6.31. The number of aromatic nitrogens is 9. The number of hydrogen-bond acceptors (Lipinski definition) is 7. The molecule has 0 aliphatic carbocycles. The summed E-state index contributed by atoms with van der Waals surface area (Å²) < 4.78 is 25.9. The van der Waals surface area contributed by atoms with Crippen molar-refractivity contribution in [2.45, 2.75) is 12.5 Å². The molecule has 0 aliphatic rings. The van der Waals surface area contributed by atoms with Crippen molar-refractivity contribution in [3.05, 3.63) is 82.1 Å². The number of nitrogens with zero attached hydrogens (tertiary/aromatic N) is 9. The predicted octanol–water partition coefficient (Wildman–Crippen LogP) is 3.63. The highest BCUT2D eigenvalue weighted by atomic mass is 35.5. The first-order valence-electron chi connectivity index (χ1n) is 11.0. The van der Waals surface area contributed by atoms with Gasteiger partial charge in [-0.2, -0.15) is 9.83 Å². The van der Waals surface area contributed by atoms with E-state index < -0.39 is 11.9 Å². The minimum Gasteiger partial charge on any atom is -0.618 e. The van der Waals surface area contributed by atoms with Gasteiger partial charge in [-0.1, -0.05) is 33.6 Å². The molecule has 5 aromatic rings. The smallest absolute Gasteiger partial charge is 0.217 e. The minimum absolute atomic E-state index is 0.0868. The van der Waals surface area contributed by atoms with Gasteiger partial charge in [-0.3, -0.25) is 4.68 Å². The summed E-state index contributed by atoms with van der Waals surface area (Å²) in [6.45, 7) is 0.384. The van der Waals surface area contributed by atoms with Gasteiger partial charge in [0, 0.05) is 45.0 Å². The van der Waals surface area contributed by atoms with Crippen LogP contribution in [0.15, 0.2) is 55.2 Å². The molecule has 0 unspecified atom stereocenters. The second kappa shape index (κ2) is 10.2. The van der Waals surface area contributed by atoms with Crippen LogP contribution in [0.4, 0.5) is 4.39 Å². The third-order valence-corrected chi connectivity index (χ3v) is 6.35. The molecule has 1 atom stereocenters. The molecule has 37 heavy (non-hydrogen) atoms. The zero-order valence-corrected chi connectivity index (χ0v) is 21.2. The van der Waals surface area contributed by atoms with Crippen LogP contribution >= 0.6 is 23.2 Å². The fourth-order valence-corrected chi connectivity index (χ4v) is 4.39. The standard InChI is InChI=1S/C23H20Cl2FN9O2/c1-32-20(10-27-30-32)15-9-28-33(11-15)17(7-8-37-2)18-5-3-14(12-35(18)36)22-19(6-4-16(24)23(22)26)34-13-21(25)29-31-34/h3-6,9-13,17H,7-8H2,1-2H3/t17-/m0/s1. The monoisotopic (exact) mass is 543 g/mol. The summed E-state index contributed by atoms with van der Waals surface area (Å²) in [5, 5.41) is 33.4. The minimum atomic E-state index is -0.698. The summed E-state index contributed by atoms with van der Waals surface area (Å²) in [5.74, 6) is -0.698. The summed E-state index contributed by atoms with van der Waals surface area (Å²) in [6, 6.07) is 5.80. The zero-order valence-electron chi connectivity index (χ0n) is 19.7. The Morgan fingerprint density at radius 1 is 1.11 bits per heavy atom. The van der Waals surface area contributed by atoms with E-state index in [9.17, 15) is 5.21 Å². The highest BCUT2D eigenvalue weighted by Gasteiger charge is 2.26. The van der Waals surface area contributed by atoms with E-state index in [4.69, 9.17) is 27.9 Å². The van der Waals surface area contributed by atoms with Crippen LogP contribution in [0.25, 0.3) is 28.1 Å². The van der Waals surface area contributed by atoms with Crippen molar-refractivity contribution >= 4 is 23.2 Å². The van der Waals surface area contributed by atoms with E-state index in [2.05, 4.69) is 25.7 Å². The molecule has 190 valence electrons. The van der Waals surface area contributed by atoms with Crippen LogP contribution in [-0.4, -0.2) is 53.5 Å². The fourth-order valence-electron chi connectivity index (χ4n) is 4.10. The van der Waals surface area contributed by atoms with Gasteiger partial charge in [0.05, 0.1) is 46.1 Å². The Labute approximate surface area is 220 Å². The van der Waals surface area contributed by atoms with Gasteiger partial charge in [-0.25, -0.2) is 13.8 Å². The number of aryl methyl sites for hydroxylation is 1. The van der Waals surface area contributed by atoms with Crippen molar-refractivity contribution in [1.29, 1.82) is 0 Å². The van der Waals surface area contributed by atoms with Crippen LogP contribution in [0.5, 0.6) is 0 Å². The van der Waals surface area contributed by atoms with Crippen molar-refractivity contribution in [1.82, 2.24) is 39.8 Å². The SMILES string of the molecule is COCC[C@@H](c1ccc(-c2c(-n3cc(Cl)nn3)ccc(Cl)c2F)c[n+]1[O-])n1cc(-c2cnnn2C)cn1. The maximum absolute atomic E-state index is 15.3. The van der Waals surface area contributed by atoms with Crippen LogP contribution < -0.4 is 4.73 Å². The second-order valence-corrected chi connectivity index (χ2v) is 8.95. The highest BCUT2D eigenvalue weighted by Crippen LogP contribution is 2.34. The Kier molecular flexibility index (Phi) is 6.87. The molecule has 5 rings (SSSR count). The molecular formula is C23H20Cl2FN9O2. The van der Waals surface area contributed by atoms with E-state index >= 15 is 4.39 Å². The van der Waals surface area contributed by atoms with Gasteiger partial charge in [-0.15, -0.1) is 10.2 Å². The lowest BCUT2D eigenvalue weighted by Crippen LogP contribution is -2.36. The van der Waals surface area contributed by atoms with E-state index in [0.29, 0.717) is 34.7 Å². The number of hydrogen-bond donors (Lipinski definition) is 0. The maximum atomic E-state index is 15.3. The largest absolute Gasteiger partial charge is 0.618 e. The molecule has 0 amide bonds. The van der Waals surface area contributed by atoms with Gasteiger partial charge in [0.2, 0.25) is 5.69 Å². The average molecular weight is 544 g/mol. The molecule has 0 saturated heterocycles. The fraction of sp³-hybridized carbons (Fsp3) is 0.217. The Morgan fingerprint density at radius 3 is 2.62 bits per heavy atom. The van der Waals surface area contributed by atoms with Crippen molar-refractivity contribution < 1.29 is 13.9 Å². The molecule has 11 nitrogen and oxygen atoms in total. The van der Waals surface area contributed by atoms with Crippen molar-refractivity contribution in [3.8, 4) is 28.1 Å². The Hall–Kier alpha value is -3.87. The normalized spacial score (nSPS) is 12.2. The van der Waals surface area contributed by atoms with E-state index in [-0.39, 0.29) is 15.7 Å². The van der Waals surface area contributed by atoms with Crippen molar-refractivity contribution in [2.75, 3.05) is 13.7 Å². The Balaban J connectivity index is 1.56. The van der Waals surface area contributed by atoms with Gasteiger partial charge in [0.1, 0.15) is 6.04 Å². The Morgan fingerprint density at radius 2 is 1.95 bits per heavy atom. The first-order valence-corrected chi connectivity index (χ1v) is 11.8. The van der Waals surface area contributed by atoms with Gasteiger partial charge < -0.3 is 9.94 Å². The molecule has 14 heteroatoms. The van der Waals surface area contributed by atoms with Crippen LogP contribution in [0, 0.1) is 11.0 Å². The number of benzene rings is 1. The molecule has 0 bridgehead atoms. The summed E-state index contributed by atoms with van der Waals surface area (Å²) >= 11 is 12.0. The van der Waals surface area contributed by atoms with Crippen LogP contribution in [-0.2, 0) is 11.8 Å². The molecule has 0 radical (unpaired) electrons. The average Bonchev–Trinajstić information content (AvgIpc) is 3.63. The Bertz CT molecular complexity index is 1570. The van der Waals surface area contributed by atoms with Gasteiger partial charge >= 0.3 is 0 Å². The van der Waals surface area contributed by atoms with Crippen LogP contribution in [0.2, 0.25) is 10.2 Å². The van der Waals surface area contributed by atoms with Gasteiger partial charge in [0.25, 0.3) is 0 Å². The van der Waals surface area contributed by atoms with Crippen LogP contribution in [0.1, 0.15) is 18.2 Å². The summed E-state index contributed by atoms with van der Waals surface area (Å²) in [4.78, 5) is 0. The summed E-state index contributed by atoms with van der Waals surface area (Å²) in [7, 11) is 3.37. The molecular weight excluding hydrogens is 524 g/mol. The van der Waals surface area contributed by atoms with E-state index in [1.165, 1.54) is 23.1 Å². The lowest BCUT2D eigenvalue weighted by Gasteiger charge is -2.18. The molecule has 0 saturated carbocycles. The zero-order chi connectivity index (χ0) is 26.1. The molecule has 4 heterocycles. The quantitative estimate of drug-likeness (QED) is 0.216. The van der Waals surface area contributed by atoms with Crippen molar-refractivity contribution in [2.24, 2.45) is 7.05 Å². The summed E-state index contributed by atoms with van der Waals surface area (Å²) in [5.41, 5.74) is 2.68. The lowest BCUT2D eigenvalue weighted by molar-refractivity contribution is -0.615. The first-order chi connectivity index (χ1) is 17.9. The number of halogens is 3. The number of rotatable bonds is 8. The van der Waals surface area contributed by atoms with Gasteiger partial charge in [-0.05, 0) is 18.2 Å². The number of pyridine rings is 1. The van der Waals surface area contributed by atoms with E-state index in [1.807, 2.05) is 6.20 Å². The number of ether oxygens (including phenoxy) is 1. The molecule has 4 aromatic heterocycles. The lowest BCUT2D eigenvalue weighted by atomic mass is 10.0. The topological polar surface area (TPSA) is 115 Å². The summed E-state index contributed by atoms with van der Waals surface area (Å²) in [6.07, 6.45) is 8.32. The molecule has 1 aromatic carbocycles. The van der Waals surface area contributed by atoms with E-state index in [0.717, 1.165) is 11.3 Å². The van der Waals surface area contributed by atoms with Crippen molar-refractivity contribution in [3.63, 3.8) is 0 Å². The third-order valence-electron chi connectivity index (χ3n) is 5.89. The molecule has 0 fully saturated rings. The maximum Gasteiger partial charge on any atom is 0.217 e.